The SMILES string of the molecule is CCCC(N)C(=O)NC1CCN(c2nc3c(cc2F)c(=O)c(C(=O)O)cn3-c2ccc(F)cc2F)C1. The molecule has 0 bridgehead atoms. The fourth-order valence-electron chi connectivity index (χ4n) is 4.27. The molecule has 4 N–H and O–H groups in total. The molecule has 3 aromatic rings. The summed E-state index contributed by atoms with van der Waals surface area (Å²) in [5.74, 6) is -4.84. The third kappa shape index (κ3) is 4.76. The van der Waals surface area contributed by atoms with Gasteiger partial charge < -0.3 is 21.1 Å². The van der Waals surface area contributed by atoms with Gasteiger partial charge in [0, 0.05) is 31.4 Å². The number of nitrogens with one attached hydrogen (secondary N) is 1. The average molecular weight is 503 g/mol. The van der Waals surface area contributed by atoms with E-state index in [9.17, 15) is 28.3 Å². The minimum Gasteiger partial charge on any atom is -0.477 e. The Morgan fingerprint density at radius 2 is 2.00 bits per heavy atom. The summed E-state index contributed by atoms with van der Waals surface area (Å²) in [6, 6.07) is 2.51. The number of hydrogen-bond donors (Lipinski definition) is 3. The number of carboxylic acid groups (broad SMARTS) is 1. The Morgan fingerprint density at radius 1 is 1.25 bits per heavy atom. The van der Waals surface area contributed by atoms with Crippen molar-refractivity contribution in [2.75, 3.05) is 18.0 Å². The monoisotopic (exact) mass is 503 g/mol. The van der Waals surface area contributed by atoms with Gasteiger partial charge in [0.2, 0.25) is 11.3 Å². The van der Waals surface area contributed by atoms with Crippen LogP contribution in [0, 0.1) is 17.5 Å². The summed E-state index contributed by atoms with van der Waals surface area (Å²) in [5, 5.41) is 11.9. The van der Waals surface area contributed by atoms with Crippen molar-refractivity contribution in [1.29, 1.82) is 0 Å². The van der Waals surface area contributed by atoms with Crippen LogP contribution in [0.5, 0.6) is 0 Å². The maximum absolute atomic E-state index is 15.1. The third-order valence-electron chi connectivity index (χ3n) is 6.08. The summed E-state index contributed by atoms with van der Waals surface area (Å²) in [5.41, 5.74) is 3.65. The maximum Gasteiger partial charge on any atom is 0.341 e. The van der Waals surface area contributed by atoms with Crippen LogP contribution >= 0.6 is 0 Å². The molecule has 12 heteroatoms. The molecular weight excluding hydrogens is 479 g/mol. The van der Waals surface area contributed by atoms with E-state index in [1.165, 1.54) is 0 Å². The Bertz CT molecular complexity index is 1410. The summed E-state index contributed by atoms with van der Waals surface area (Å²) in [7, 11) is 0. The van der Waals surface area contributed by atoms with Gasteiger partial charge in [-0.25, -0.2) is 22.9 Å². The number of carbonyl (C=O) groups excluding carboxylic acids is 1. The molecule has 3 heterocycles. The number of fused-ring (bicyclic) bond motifs is 1. The van der Waals surface area contributed by atoms with E-state index in [4.69, 9.17) is 5.73 Å². The van der Waals surface area contributed by atoms with E-state index in [0.29, 0.717) is 25.5 Å². The standard InChI is InChI=1S/C24H24F3N5O4/c1-2-3-18(28)23(34)29-13-6-7-31(10-13)22-17(27)9-14-20(33)15(24(35)36)11-32(21(14)30-22)19-5-4-12(25)8-16(19)26/h4-5,8-9,11,13,18H,2-3,6-7,10,28H2,1H3,(H,29,34)(H,35,36). The lowest BCUT2D eigenvalue weighted by atomic mass is 10.1. The van der Waals surface area contributed by atoms with E-state index >= 15 is 4.39 Å². The van der Waals surface area contributed by atoms with Gasteiger partial charge in [0.1, 0.15) is 17.2 Å². The number of amides is 1. The molecule has 1 aliphatic heterocycles. The van der Waals surface area contributed by atoms with Crippen LogP contribution in [0.4, 0.5) is 19.0 Å². The molecular formula is C24H24F3N5O4. The smallest absolute Gasteiger partial charge is 0.341 e. The van der Waals surface area contributed by atoms with E-state index in [-0.39, 0.29) is 41.0 Å². The third-order valence-corrected chi connectivity index (χ3v) is 6.08. The fraction of sp³-hybridized carbons (Fsp3) is 0.333. The van der Waals surface area contributed by atoms with Crippen molar-refractivity contribution in [2.45, 2.75) is 38.3 Å². The molecule has 0 radical (unpaired) electrons. The molecule has 1 aliphatic rings. The van der Waals surface area contributed by atoms with Crippen LogP contribution in [-0.2, 0) is 4.79 Å². The van der Waals surface area contributed by atoms with E-state index in [2.05, 4.69) is 10.3 Å². The predicted octanol–water partition coefficient (Wildman–Crippen LogP) is 2.32. The second kappa shape index (κ2) is 9.97. The van der Waals surface area contributed by atoms with Crippen molar-refractivity contribution in [3.63, 3.8) is 0 Å². The number of benzene rings is 1. The molecule has 1 saturated heterocycles. The van der Waals surface area contributed by atoms with E-state index < -0.39 is 40.5 Å². The molecule has 0 spiro atoms. The highest BCUT2D eigenvalue weighted by molar-refractivity contribution is 5.92. The molecule has 2 atom stereocenters. The number of carbonyl (C=O) groups is 2. The first kappa shape index (κ1) is 25.2. The van der Waals surface area contributed by atoms with Crippen molar-refractivity contribution in [3.05, 3.63) is 63.7 Å². The Balaban J connectivity index is 1.77. The summed E-state index contributed by atoms with van der Waals surface area (Å²) in [4.78, 5) is 42.5. The largest absolute Gasteiger partial charge is 0.477 e. The fourth-order valence-corrected chi connectivity index (χ4v) is 4.27. The van der Waals surface area contributed by atoms with Gasteiger partial charge in [-0.2, -0.15) is 0 Å². The molecule has 2 unspecified atom stereocenters. The van der Waals surface area contributed by atoms with Gasteiger partial charge in [-0.3, -0.25) is 14.2 Å². The molecule has 0 aliphatic carbocycles. The topological polar surface area (TPSA) is 131 Å². The van der Waals surface area contributed by atoms with Crippen LogP contribution in [-0.4, -0.2) is 51.7 Å². The van der Waals surface area contributed by atoms with Gasteiger partial charge in [-0.05, 0) is 31.0 Å². The quantitative estimate of drug-likeness (QED) is 0.451. The van der Waals surface area contributed by atoms with Crippen molar-refractivity contribution in [1.82, 2.24) is 14.9 Å². The Labute approximate surface area is 203 Å². The first-order chi connectivity index (χ1) is 17.1. The number of nitrogens with zero attached hydrogens (tertiary/aromatic N) is 3. The number of hydrogen-bond acceptors (Lipinski definition) is 6. The first-order valence-corrected chi connectivity index (χ1v) is 11.4. The zero-order valence-electron chi connectivity index (χ0n) is 19.3. The van der Waals surface area contributed by atoms with Crippen LogP contribution in [0.15, 0.2) is 35.3 Å². The molecule has 36 heavy (non-hydrogen) atoms. The zero-order chi connectivity index (χ0) is 26.1. The first-order valence-electron chi connectivity index (χ1n) is 11.4. The summed E-state index contributed by atoms with van der Waals surface area (Å²) in [6.45, 7) is 2.45. The average Bonchev–Trinajstić information content (AvgIpc) is 3.28. The number of halogens is 3. The second-order valence-corrected chi connectivity index (χ2v) is 8.64. The Morgan fingerprint density at radius 3 is 2.67 bits per heavy atom. The molecule has 9 nitrogen and oxygen atoms in total. The van der Waals surface area contributed by atoms with Crippen LogP contribution < -0.4 is 21.4 Å². The van der Waals surface area contributed by atoms with E-state index in [0.717, 1.165) is 35.4 Å². The molecule has 1 fully saturated rings. The van der Waals surface area contributed by atoms with Crippen LogP contribution in [0.25, 0.3) is 16.7 Å². The van der Waals surface area contributed by atoms with Gasteiger partial charge in [0.15, 0.2) is 17.3 Å². The van der Waals surface area contributed by atoms with Crippen molar-refractivity contribution < 1.29 is 27.9 Å². The number of nitrogens with two attached hydrogens (primary N) is 1. The number of rotatable bonds is 7. The van der Waals surface area contributed by atoms with Gasteiger partial charge in [0.05, 0.1) is 17.1 Å². The molecule has 1 amide bonds. The van der Waals surface area contributed by atoms with Crippen LogP contribution in [0.3, 0.4) is 0 Å². The number of anilines is 1. The predicted molar refractivity (Wildman–Crippen MR) is 126 cm³/mol. The van der Waals surface area contributed by atoms with Gasteiger partial charge in [-0.15, -0.1) is 0 Å². The van der Waals surface area contributed by atoms with Gasteiger partial charge in [-0.1, -0.05) is 13.3 Å². The second-order valence-electron chi connectivity index (χ2n) is 8.64. The minimum absolute atomic E-state index is 0.157. The molecule has 1 aromatic carbocycles. The van der Waals surface area contributed by atoms with Crippen molar-refractivity contribution in [2.24, 2.45) is 5.73 Å². The normalized spacial score (nSPS) is 16.4. The Hall–Kier alpha value is -3.93. The highest BCUT2D eigenvalue weighted by Gasteiger charge is 2.29. The molecule has 190 valence electrons. The van der Waals surface area contributed by atoms with Crippen molar-refractivity contribution >= 4 is 28.7 Å². The Kier molecular flexibility index (Phi) is 6.97. The highest BCUT2D eigenvalue weighted by atomic mass is 19.1. The number of pyridine rings is 2. The molecule has 2 aromatic heterocycles. The minimum atomic E-state index is -1.60. The maximum atomic E-state index is 15.1. The van der Waals surface area contributed by atoms with Crippen LogP contribution in [0.2, 0.25) is 0 Å². The van der Waals surface area contributed by atoms with E-state index in [1.54, 1.807) is 4.90 Å². The number of carboxylic acids is 1. The summed E-state index contributed by atoms with van der Waals surface area (Å²) >= 11 is 0. The van der Waals surface area contributed by atoms with Crippen molar-refractivity contribution in [3.8, 4) is 5.69 Å². The lowest BCUT2D eigenvalue weighted by Gasteiger charge is -2.21. The van der Waals surface area contributed by atoms with Gasteiger partial charge in [0.25, 0.3) is 0 Å². The lowest BCUT2D eigenvalue weighted by molar-refractivity contribution is -0.123. The van der Waals surface area contributed by atoms with Gasteiger partial charge >= 0.3 is 5.97 Å². The molecule has 0 saturated carbocycles. The zero-order valence-corrected chi connectivity index (χ0v) is 19.3. The highest BCUT2D eigenvalue weighted by Crippen LogP contribution is 2.27. The summed E-state index contributed by atoms with van der Waals surface area (Å²) < 4.78 is 44.2. The molecule has 4 rings (SSSR count). The van der Waals surface area contributed by atoms with E-state index in [1.807, 2.05) is 6.92 Å². The number of aromatic nitrogens is 2. The number of aromatic carboxylic acids is 1. The lowest BCUT2D eigenvalue weighted by Crippen LogP contribution is -2.46. The summed E-state index contributed by atoms with van der Waals surface area (Å²) in [6.07, 6.45) is 2.64. The van der Waals surface area contributed by atoms with Crippen LogP contribution in [0.1, 0.15) is 36.5 Å².